The maximum absolute atomic E-state index is 3.57. The Labute approximate surface area is 115 Å². The van der Waals surface area contributed by atoms with Gasteiger partial charge in [-0.3, -0.25) is 4.90 Å². The molecule has 0 atom stereocenters. The maximum atomic E-state index is 3.57. The first-order chi connectivity index (χ1) is 8.75. The fourth-order valence-corrected chi connectivity index (χ4v) is 3.38. The van der Waals surface area contributed by atoms with Crippen LogP contribution in [0.4, 0.5) is 0 Å². The van der Waals surface area contributed by atoms with Crippen molar-refractivity contribution < 1.29 is 0 Å². The summed E-state index contributed by atoms with van der Waals surface area (Å²) in [4.78, 5) is 4.18. The van der Waals surface area contributed by atoms with E-state index in [4.69, 9.17) is 0 Å². The van der Waals surface area contributed by atoms with E-state index in [0.29, 0.717) is 0 Å². The summed E-state index contributed by atoms with van der Waals surface area (Å²) in [6.07, 6.45) is 3.90. The van der Waals surface area contributed by atoms with Gasteiger partial charge < -0.3 is 5.32 Å². The lowest BCUT2D eigenvalue weighted by atomic mass is 10.1. The summed E-state index contributed by atoms with van der Waals surface area (Å²) in [6, 6.07) is 2.29. The minimum absolute atomic E-state index is 0.839. The third-order valence-electron chi connectivity index (χ3n) is 3.63. The van der Waals surface area contributed by atoms with Gasteiger partial charge in [0.1, 0.15) is 0 Å². The fourth-order valence-electron chi connectivity index (χ4n) is 2.50. The Bertz CT molecular complexity index is 346. The average molecular weight is 266 g/mol. The molecule has 0 unspecified atom stereocenters. The highest BCUT2D eigenvalue weighted by molar-refractivity contribution is 7.10. The molecule has 0 amide bonds. The summed E-state index contributed by atoms with van der Waals surface area (Å²) in [5.74, 6) is 0.839. The molecular formula is C15H26N2S. The molecule has 0 bridgehead atoms. The third kappa shape index (κ3) is 4.38. The smallest absolute Gasteiger partial charge is 0.0245 e. The Kier molecular flexibility index (Phi) is 5.67. The summed E-state index contributed by atoms with van der Waals surface area (Å²) in [6.45, 7) is 10.5. The van der Waals surface area contributed by atoms with Crippen LogP contribution >= 0.6 is 11.3 Å². The van der Waals surface area contributed by atoms with Gasteiger partial charge in [-0.2, -0.15) is 0 Å². The number of hydrogen-bond acceptors (Lipinski definition) is 3. The van der Waals surface area contributed by atoms with Crippen molar-refractivity contribution in [3.05, 3.63) is 21.9 Å². The molecular weight excluding hydrogens is 240 g/mol. The first-order valence-corrected chi connectivity index (χ1v) is 8.12. The molecule has 0 fully saturated rings. The van der Waals surface area contributed by atoms with Crippen molar-refractivity contribution in [3.8, 4) is 0 Å². The van der Waals surface area contributed by atoms with E-state index in [1.54, 1.807) is 10.4 Å². The molecule has 2 rings (SSSR count). The van der Waals surface area contributed by atoms with Crippen LogP contribution in [-0.2, 0) is 13.0 Å². The first kappa shape index (κ1) is 14.0. The number of nitrogens with one attached hydrogen (secondary N) is 1. The highest BCUT2D eigenvalue weighted by atomic mass is 32.1. The monoisotopic (exact) mass is 266 g/mol. The van der Waals surface area contributed by atoms with Gasteiger partial charge in [0.25, 0.3) is 0 Å². The number of hydrogen-bond donors (Lipinski definition) is 1. The standard InChI is InChI=1S/C15H26N2S/c1-13(2)4-3-7-16-8-10-17-9-5-15-14(12-17)6-11-18-15/h6,11,13,16H,3-5,7-10,12H2,1-2H3. The van der Waals surface area contributed by atoms with Gasteiger partial charge in [-0.1, -0.05) is 13.8 Å². The van der Waals surface area contributed by atoms with E-state index in [2.05, 4.69) is 35.5 Å². The number of fused-ring (bicyclic) bond motifs is 1. The molecule has 18 heavy (non-hydrogen) atoms. The van der Waals surface area contributed by atoms with E-state index in [1.165, 1.54) is 38.9 Å². The molecule has 0 spiro atoms. The van der Waals surface area contributed by atoms with E-state index in [9.17, 15) is 0 Å². The zero-order valence-electron chi connectivity index (χ0n) is 11.7. The Morgan fingerprint density at radius 2 is 2.28 bits per heavy atom. The van der Waals surface area contributed by atoms with Gasteiger partial charge in [-0.05, 0) is 48.7 Å². The first-order valence-electron chi connectivity index (χ1n) is 7.24. The number of nitrogens with zero attached hydrogens (tertiary/aromatic N) is 1. The lowest BCUT2D eigenvalue weighted by Gasteiger charge is -2.26. The molecule has 102 valence electrons. The van der Waals surface area contributed by atoms with Gasteiger partial charge in [-0.25, -0.2) is 0 Å². The molecule has 1 N–H and O–H groups in total. The van der Waals surface area contributed by atoms with Crippen LogP contribution in [0.15, 0.2) is 11.4 Å². The zero-order valence-corrected chi connectivity index (χ0v) is 12.6. The van der Waals surface area contributed by atoms with Crippen molar-refractivity contribution in [2.24, 2.45) is 5.92 Å². The fraction of sp³-hybridized carbons (Fsp3) is 0.733. The van der Waals surface area contributed by atoms with Crippen molar-refractivity contribution in [2.45, 2.75) is 39.7 Å². The van der Waals surface area contributed by atoms with Crippen molar-refractivity contribution >= 4 is 11.3 Å². The van der Waals surface area contributed by atoms with Crippen LogP contribution in [0.3, 0.4) is 0 Å². The molecule has 3 heteroatoms. The van der Waals surface area contributed by atoms with Crippen LogP contribution in [0, 0.1) is 5.92 Å². The highest BCUT2D eigenvalue weighted by Crippen LogP contribution is 2.23. The van der Waals surface area contributed by atoms with E-state index in [-0.39, 0.29) is 0 Å². The van der Waals surface area contributed by atoms with E-state index in [1.807, 2.05) is 11.3 Å². The van der Waals surface area contributed by atoms with E-state index in [0.717, 1.165) is 19.0 Å². The average Bonchev–Trinajstić information content (AvgIpc) is 2.80. The van der Waals surface area contributed by atoms with Crippen molar-refractivity contribution in [1.29, 1.82) is 0 Å². The molecule has 1 aromatic rings. The minimum Gasteiger partial charge on any atom is -0.315 e. The second-order valence-electron chi connectivity index (χ2n) is 5.68. The summed E-state index contributed by atoms with van der Waals surface area (Å²) in [5, 5.41) is 5.80. The normalized spacial score (nSPS) is 16.2. The van der Waals surface area contributed by atoms with Crippen molar-refractivity contribution in [1.82, 2.24) is 10.2 Å². The Balaban J connectivity index is 1.56. The maximum Gasteiger partial charge on any atom is 0.0245 e. The van der Waals surface area contributed by atoms with Gasteiger partial charge in [0.15, 0.2) is 0 Å². The minimum atomic E-state index is 0.839. The van der Waals surface area contributed by atoms with Crippen LogP contribution in [0.2, 0.25) is 0 Å². The molecule has 2 heterocycles. The van der Waals surface area contributed by atoms with Crippen LogP contribution in [0.25, 0.3) is 0 Å². The molecule has 2 nitrogen and oxygen atoms in total. The highest BCUT2D eigenvalue weighted by Gasteiger charge is 2.16. The summed E-state index contributed by atoms with van der Waals surface area (Å²) < 4.78 is 0. The summed E-state index contributed by atoms with van der Waals surface area (Å²) in [7, 11) is 0. The topological polar surface area (TPSA) is 15.3 Å². The van der Waals surface area contributed by atoms with Gasteiger partial charge in [0, 0.05) is 31.1 Å². The number of thiophene rings is 1. The van der Waals surface area contributed by atoms with Crippen molar-refractivity contribution in [3.63, 3.8) is 0 Å². The quantitative estimate of drug-likeness (QED) is 0.763. The molecule has 0 saturated heterocycles. The van der Waals surface area contributed by atoms with Crippen molar-refractivity contribution in [2.75, 3.05) is 26.2 Å². The largest absolute Gasteiger partial charge is 0.315 e. The Morgan fingerprint density at radius 1 is 1.39 bits per heavy atom. The van der Waals surface area contributed by atoms with E-state index >= 15 is 0 Å². The molecule has 0 saturated carbocycles. The lowest BCUT2D eigenvalue weighted by Crippen LogP contribution is -2.35. The Morgan fingerprint density at radius 3 is 3.11 bits per heavy atom. The number of rotatable bonds is 7. The molecule has 1 aliphatic heterocycles. The summed E-state index contributed by atoms with van der Waals surface area (Å²) >= 11 is 1.92. The summed E-state index contributed by atoms with van der Waals surface area (Å²) in [5.41, 5.74) is 1.56. The molecule has 1 aliphatic rings. The van der Waals surface area contributed by atoms with Gasteiger partial charge in [0.2, 0.25) is 0 Å². The SMILES string of the molecule is CC(C)CCCNCCN1CCc2sccc2C1. The zero-order chi connectivity index (χ0) is 12.8. The lowest BCUT2D eigenvalue weighted by molar-refractivity contribution is 0.255. The predicted molar refractivity (Wildman–Crippen MR) is 80.2 cm³/mol. The van der Waals surface area contributed by atoms with Crippen LogP contribution in [0.5, 0.6) is 0 Å². The van der Waals surface area contributed by atoms with E-state index < -0.39 is 0 Å². The van der Waals surface area contributed by atoms with Gasteiger partial charge >= 0.3 is 0 Å². The third-order valence-corrected chi connectivity index (χ3v) is 4.65. The molecule has 0 aromatic carbocycles. The predicted octanol–water partition coefficient (Wildman–Crippen LogP) is 3.13. The van der Waals surface area contributed by atoms with Gasteiger partial charge in [0.05, 0.1) is 0 Å². The molecule has 1 aromatic heterocycles. The second kappa shape index (κ2) is 7.27. The second-order valence-corrected chi connectivity index (χ2v) is 6.68. The van der Waals surface area contributed by atoms with Crippen LogP contribution in [0.1, 0.15) is 37.1 Å². The van der Waals surface area contributed by atoms with Gasteiger partial charge in [-0.15, -0.1) is 11.3 Å². The molecule has 0 radical (unpaired) electrons. The molecule has 0 aliphatic carbocycles. The van der Waals surface area contributed by atoms with Crippen LogP contribution in [-0.4, -0.2) is 31.1 Å². The van der Waals surface area contributed by atoms with Crippen LogP contribution < -0.4 is 5.32 Å². The Hall–Kier alpha value is -0.380.